The Morgan fingerprint density at radius 2 is 1.81 bits per heavy atom. The van der Waals surface area contributed by atoms with Crippen molar-refractivity contribution in [3.05, 3.63) is 50.6 Å². The summed E-state index contributed by atoms with van der Waals surface area (Å²) < 4.78 is 2.24. The normalized spacial score (nSPS) is 14.8. The first kappa shape index (κ1) is 16.9. The summed E-state index contributed by atoms with van der Waals surface area (Å²) in [5.41, 5.74) is 3.30. The molecule has 0 saturated carbocycles. The molecule has 4 rings (SSSR count). The van der Waals surface area contributed by atoms with E-state index < -0.39 is 0 Å². The van der Waals surface area contributed by atoms with E-state index in [0.29, 0.717) is 21.6 Å². The van der Waals surface area contributed by atoms with Crippen molar-refractivity contribution >= 4 is 29.2 Å². The molecular formula is C19H21N5OS. The van der Waals surface area contributed by atoms with Gasteiger partial charge in [-0.25, -0.2) is 4.98 Å². The van der Waals surface area contributed by atoms with Gasteiger partial charge in [0, 0.05) is 13.1 Å². The van der Waals surface area contributed by atoms with E-state index in [1.165, 1.54) is 6.42 Å². The lowest BCUT2D eigenvalue weighted by atomic mass is 10.1. The first-order valence-corrected chi connectivity index (χ1v) is 9.30. The van der Waals surface area contributed by atoms with E-state index in [4.69, 9.17) is 12.2 Å². The highest BCUT2D eigenvalue weighted by molar-refractivity contribution is 7.71. The van der Waals surface area contributed by atoms with Crippen molar-refractivity contribution in [1.29, 1.82) is 0 Å². The van der Waals surface area contributed by atoms with Crippen molar-refractivity contribution in [3.8, 4) is 5.69 Å². The average molecular weight is 367 g/mol. The molecule has 0 atom stereocenters. The van der Waals surface area contributed by atoms with Gasteiger partial charge < -0.3 is 4.90 Å². The quantitative estimate of drug-likeness (QED) is 0.703. The Labute approximate surface area is 156 Å². The van der Waals surface area contributed by atoms with Crippen molar-refractivity contribution in [3.63, 3.8) is 0 Å². The molecule has 1 N–H and O–H groups in total. The number of para-hydroxylation sites is 1. The Balaban J connectivity index is 1.90. The highest BCUT2D eigenvalue weighted by atomic mass is 32.1. The van der Waals surface area contributed by atoms with Crippen LogP contribution in [-0.4, -0.2) is 32.6 Å². The van der Waals surface area contributed by atoms with Crippen LogP contribution in [0.15, 0.2) is 29.3 Å². The molecule has 1 aliphatic heterocycles. The molecule has 1 fully saturated rings. The minimum atomic E-state index is -0.228. The van der Waals surface area contributed by atoms with Crippen LogP contribution in [0.25, 0.3) is 16.7 Å². The van der Waals surface area contributed by atoms with Crippen LogP contribution in [-0.2, 0) is 0 Å². The summed E-state index contributed by atoms with van der Waals surface area (Å²) in [6, 6.07) is 6.05. The highest BCUT2D eigenvalue weighted by Gasteiger charge is 2.17. The smallest absolute Gasteiger partial charge is 0.264 e. The third kappa shape index (κ3) is 2.82. The molecule has 26 heavy (non-hydrogen) atoms. The number of aryl methyl sites for hydroxylation is 2. The largest absolute Gasteiger partial charge is 0.342 e. The molecule has 1 saturated heterocycles. The molecule has 0 radical (unpaired) electrons. The molecule has 0 bridgehead atoms. The van der Waals surface area contributed by atoms with E-state index in [-0.39, 0.29) is 5.56 Å². The maximum Gasteiger partial charge on any atom is 0.264 e. The van der Waals surface area contributed by atoms with Gasteiger partial charge in [-0.3, -0.25) is 14.3 Å². The lowest BCUT2D eigenvalue weighted by Crippen LogP contribution is -2.32. The second kappa shape index (κ2) is 6.64. The van der Waals surface area contributed by atoms with Crippen molar-refractivity contribution in [1.82, 2.24) is 19.5 Å². The molecule has 6 nitrogen and oxygen atoms in total. The number of aromatic nitrogens is 4. The van der Waals surface area contributed by atoms with Crippen LogP contribution in [0.3, 0.4) is 0 Å². The molecule has 0 unspecified atom stereocenters. The fraction of sp³-hybridized carbons (Fsp3) is 0.368. The van der Waals surface area contributed by atoms with Gasteiger partial charge in [0.25, 0.3) is 5.56 Å². The number of fused-ring (bicyclic) bond motifs is 1. The summed E-state index contributed by atoms with van der Waals surface area (Å²) in [7, 11) is 0. The molecule has 7 heteroatoms. The maximum absolute atomic E-state index is 12.8. The van der Waals surface area contributed by atoms with Crippen LogP contribution >= 0.6 is 12.2 Å². The predicted octanol–water partition coefficient (Wildman–Crippen LogP) is 3.45. The van der Waals surface area contributed by atoms with Gasteiger partial charge >= 0.3 is 0 Å². The third-order valence-corrected chi connectivity index (χ3v) is 5.35. The van der Waals surface area contributed by atoms with Gasteiger partial charge in [-0.05, 0) is 44.2 Å². The first-order chi connectivity index (χ1) is 12.6. The molecule has 0 spiro atoms. The zero-order chi connectivity index (χ0) is 18.3. The van der Waals surface area contributed by atoms with Crippen molar-refractivity contribution in [2.75, 3.05) is 18.0 Å². The van der Waals surface area contributed by atoms with Gasteiger partial charge in [0.15, 0.2) is 5.65 Å². The maximum atomic E-state index is 12.8. The lowest BCUT2D eigenvalue weighted by molar-refractivity contribution is 0.568. The van der Waals surface area contributed by atoms with Gasteiger partial charge in [0.1, 0.15) is 16.4 Å². The Morgan fingerprint density at radius 1 is 1.12 bits per heavy atom. The van der Waals surface area contributed by atoms with Crippen LogP contribution in [0.4, 0.5) is 5.95 Å². The number of anilines is 1. The number of piperidine rings is 1. The van der Waals surface area contributed by atoms with Crippen molar-refractivity contribution in [2.45, 2.75) is 33.1 Å². The van der Waals surface area contributed by atoms with Crippen LogP contribution in [0.2, 0.25) is 0 Å². The fourth-order valence-electron chi connectivity index (χ4n) is 3.62. The number of aromatic amines is 1. The van der Waals surface area contributed by atoms with Crippen LogP contribution in [0.5, 0.6) is 0 Å². The number of nitrogens with one attached hydrogen (secondary N) is 1. The summed E-state index contributed by atoms with van der Waals surface area (Å²) in [4.78, 5) is 26.8. The topological polar surface area (TPSA) is 66.8 Å². The number of rotatable bonds is 2. The van der Waals surface area contributed by atoms with E-state index in [1.807, 2.05) is 32.0 Å². The average Bonchev–Trinajstić information content (AvgIpc) is 2.63. The Morgan fingerprint density at radius 3 is 2.50 bits per heavy atom. The lowest BCUT2D eigenvalue weighted by Gasteiger charge is -2.27. The summed E-state index contributed by atoms with van der Waals surface area (Å²) in [6.07, 6.45) is 5.12. The van der Waals surface area contributed by atoms with Crippen LogP contribution in [0, 0.1) is 18.5 Å². The zero-order valence-corrected chi connectivity index (χ0v) is 15.8. The van der Waals surface area contributed by atoms with Gasteiger partial charge in [0.05, 0.1) is 5.69 Å². The summed E-state index contributed by atoms with van der Waals surface area (Å²) in [6.45, 7) is 5.86. The number of hydrogen-bond donors (Lipinski definition) is 1. The molecule has 0 aliphatic carbocycles. The van der Waals surface area contributed by atoms with Gasteiger partial charge in [-0.2, -0.15) is 4.98 Å². The SMILES string of the molecule is Cc1cccc(C)c1-n1cnc2nc(N3CCCCC3)[nH]c(=O)c2c1=S. The van der Waals surface area contributed by atoms with Crippen LogP contribution in [0.1, 0.15) is 30.4 Å². The molecule has 134 valence electrons. The second-order valence-electron chi connectivity index (χ2n) is 6.80. The van der Waals surface area contributed by atoms with Crippen LogP contribution < -0.4 is 10.5 Å². The molecule has 3 heterocycles. The first-order valence-electron chi connectivity index (χ1n) is 8.89. The molecular weight excluding hydrogens is 346 g/mol. The molecule has 1 aliphatic rings. The molecule has 2 aromatic heterocycles. The number of nitrogens with zero attached hydrogens (tertiary/aromatic N) is 4. The van der Waals surface area contributed by atoms with E-state index in [2.05, 4.69) is 19.9 Å². The number of benzene rings is 1. The Kier molecular flexibility index (Phi) is 4.32. The predicted molar refractivity (Wildman–Crippen MR) is 106 cm³/mol. The standard InChI is InChI=1S/C19H21N5OS/c1-12-7-6-8-13(2)15(12)24-11-20-16-14(18(24)26)17(25)22-19(21-16)23-9-4-3-5-10-23/h6-8,11H,3-5,9-10H2,1-2H3,(H,21,22,25). The number of hydrogen-bond acceptors (Lipinski definition) is 5. The Hall–Kier alpha value is -2.54. The summed E-state index contributed by atoms with van der Waals surface area (Å²) >= 11 is 5.63. The van der Waals surface area contributed by atoms with E-state index in [9.17, 15) is 4.79 Å². The monoisotopic (exact) mass is 367 g/mol. The van der Waals surface area contributed by atoms with Crippen molar-refractivity contribution in [2.24, 2.45) is 0 Å². The molecule has 3 aromatic rings. The summed E-state index contributed by atoms with van der Waals surface area (Å²) in [5, 5.41) is 0.367. The van der Waals surface area contributed by atoms with E-state index >= 15 is 0 Å². The van der Waals surface area contributed by atoms with E-state index in [1.54, 1.807) is 10.9 Å². The van der Waals surface area contributed by atoms with Gasteiger partial charge in [0.2, 0.25) is 5.95 Å². The van der Waals surface area contributed by atoms with Gasteiger partial charge in [-0.1, -0.05) is 30.4 Å². The number of H-pyrrole nitrogens is 1. The fourth-order valence-corrected chi connectivity index (χ4v) is 3.94. The van der Waals surface area contributed by atoms with Gasteiger partial charge in [-0.15, -0.1) is 0 Å². The minimum Gasteiger partial charge on any atom is -0.342 e. The minimum absolute atomic E-state index is 0.228. The molecule has 0 amide bonds. The summed E-state index contributed by atoms with van der Waals surface area (Å²) in [5.74, 6) is 0.592. The van der Waals surface area contributed by atoms with E-state index in [0.717, 1.165) is 42.7 Å². The molecule has 1 aromatic carbocycles. The third-order valence-electron chi connectivity index (χ3n) is 4.95. The highest BCUT2D eigenvalue weighted by Crippen LogP contribution is 2.21. The van der Waals surface area contributed by atoms with Crippen molar-refractivity contribution < 1.29 is 0 Å². The zero-order valence-electron chi connectivity index (χ0n) is 15.0. The second-order valence-corrected chi connectivity index (χ2v) is 7.18. The Bertz CT molecular complexity index is 1080.